The van der Waals surface area contributed by atoms with Crippen LogP contribution in [0.5, 0.6) is 0 Å². The number of alkyl halides is 1. The molecule has 3 aromatic rings. The maximum absolute atomic E-state index is 13.8. The van der Waals surface area contributed by atoms with E-state index in [0.717, 1.165) is 22.2 Å². The first-order valence-electron chi connectivity index (χ1n) is 8.38. The molecule has 1 aliphatic rings. The van der Waals surface area contributed by atoms with Gasteiger partial charge in [0.25, 0.3) is 0 Å². The maximum Gasteiger partial charge on any atom is 0.119 e. The molecule has 7 heteroatoms. The molecule has 136 valence electrons. The van der Waals surface area contributed by atoms with Gasteiger partial charge in [0.05, 0.1) is 20.4 Å². The molecule has 0 saturated carbocycles. The van der Waals surface area contributed by atoms with Crippen LogP contribution in [0.3, 0.4) is 0 Å². The summed E-state index contributed by atoms with van der Waals surface area (Å²) in [5, 5.41) is 1.47. The standard InChI is InChI=1S/C19H19ClFN3OS/c1-26(22,25)13-6-7-17(24-9-8-12(21)11-24)15(10-13)19-18(20)14-4-2-3-5-16(14)23-19/h2-7,10,12,22-23H,8-9,11H2,1H3. The molecule has 2 atom stereocenters. The van der Waals surface area contributed by atoms with Gasteiger partial charge < -0.3 is 9.88 Å². The van der Waals surface area contributed by atoms with Crippen LogP contribution in [0.25, 0.3) is 22.2 Å². The van der Waals surface area contributed by atoms with E-state index in [1.807, 2.05) is 35.2 Å². The average molecular weight is 392 g/mol. The first kappa shape index (κ1) is 17.4. The Labute approximate surface area is 156 Å². The molecule has 2 aromatic carbocycles. The number of nitrogens with one attached hydrogen (secondary N) is 2. The summed E-state index contributed by atoms with van der Waals surface area (Å²) in [5.74, 6) is 0. The number of anilines is 1. The zero-order valence-electron chi connectivity index (χ0n) is 14.3. The lowest BCUT2D eigenvalue weighted by atomic mass is 10.1. The summed E-state index contributed by atoms with van der Waals surface area (Å²) in [7, 11) is -2.88. The smallest absolute Gasteiger partial charge is 0.119 e. The Kier molecular flexibility index (Phi) is 4.20. The number of aromatic amines is 1. The van der Waals surface area contributed by atoms with Crippen molar-refractivity contribution in [3.63, 3.8) is 0 Å². The number of H-pyrrole nitrogens is 1. The van der Waals surface area contributed by atoms with Crippen LogP contribution in [0, 0.1) is 4.78 Å². The van der Waals surface area contributed by atoms with E-state index < -0.39 is 15.9 Å². The first-order valence-corrected chi connectivity index (χ1v) is 10.7. The second-order valence-electron chi connectivity index (χ2n) is 6.71. The van der Waals surface area contributed by atoms with Crippen LogP contribution in [0.2, 0.25) is 5.02 Å². The van der Waals surface area contributed by atoms with Gasteiger partial charge in [0, 0.05) is 46.4 Å². The van der Waals surface area contributed by atoms with Gasteiger partial charge in [0.15, 0.2) is 0 Å². The van der Waals surface area contributed by atoms with Crippen LogP contribution >= 0.6 is 11.6 Å². The predicted molar refractivity (Wildman–Crippen MR) is 106 cm³/mol. The van der Waals surface area contributed by atoms with Gasteiger partial charge in [-0.2, -0.15) is 0 Å². The number of nitrogens with zero attached hydrogens (tertiary/aromatic N) is 1. The van der Waals surface area contributed by atoms with E-state index in [9.17, 15) is 8.60 Å². The predicted octanol–water partition coefficient (Wildman–Crippen LogP) is 5.07. The largest absolute Gasteiger partial charge is 0.368 e. The molecule has 0 bridgehead atoms. The molecular formula is C19H19ClFN3OS. The van der Waals surface area contributed by atoms with Gasteiger partial charge >= 0.3 is 0 Å². The lowest BCUT2D eigenvalue weighted by molar-refractivity contribution is 0.364. The summed E-state index contributed by atoms with van der Waals surface area (Å²) in [6.45, 7) is 0.945. The van der Waals surface area contributed by atoms with E-state index in [1.165, 1.54) is 6.26 Å². The summed E-state index contributed by atoms with van der Waals surface area (Å²) in [5.41, 5.74) is 3.19. The Morgan fingerprint density at radius 3 is 2.73 bits per heavy atom. The van der Waals surface area contributed by atoms with Crippen molar-refractivity contribution in [2.75, 3.05) is 24.2 Å². The van der Waals surface area contributed by atoms with E-state index >= 15 is 0 Å². The van der Waals surface area contributed by atoms with Crippen LogP contribution in [-0.4, -0.2) is 34.7 Å². The molecule has 1 fully saturated rings. The molecule has 0 amide bonds. The Balaban J connectivity index is 1.95. The SMILES string of the molecule is CS(=N)(=O)c1ccc(N2CCC(F)C2)c(-c2[nH]c3ccccc3c2Cl)c1. The number of aromatic nitrogens is 1. The van der Waals surface area contributed by atoms with Crippen molar-refractivity contribution in [3.8, 4) is 11.3 Å². The Morgan fingerprint density at radius 2 is 2.08 bits per heavy atom. The Morgan fingerprint density at radius 1 is 1.31 bits per heavy atom. The number of rotatable bonds is 3. The lowest BCUT2D eigenvalue weighted by Crippen LogP contribution is -2.20. The van der Waals surface area contributed by atoms with Gasteiger partial charge in [-0.1, -0.05) is 29.8 Å². The van der Waals surface area contributed by atoms with Crippen LogP contribution in [0.4, 0.5) is 10.1 Å². The van der Waals surface area contributed by atoms with E-state index in [-0.39, 0.29) is 0 Å². The van der Waals surface area contributed by atoms with Crippen molar-refractivity contribution < 1.29 is 8.60 Å². The van der Waals surface area contributed by atoms with Gasteiger partial charge in [-0.05, 0) is 30.7 Å². The molecule has 1 saturated heterocycles. The van der Waals surface area contributed by atoms with Crippen molar-refractivity contribution in [2.45, 2.75) is 17.5 Å². The third kappa shape index (κ3) is 2.97. The topological polar surface area (TPSA) is 60.0 Å². The molecule has 2 unspecified atom stereocenters. The van der Waals surface area contributed by atoms with Gasteiger partial charge in [0.2, 0.25) is 0 Å². The summed E-state index contributed by atoms with van der Waals surface area (Å²) >= 11 is 6.62. The van der Waals surface area contributed by atoms with Crippen molar-refractivity contribution in [1.82, 2.24) is 4.98 Å². The van der Waals surface area contributed by atoms with Crippen LogP contribution in [0.1, 0.15) is 6.42 Å². The van der Waals surface area contributed by atoms with Crippen molar-refractivity contribution >= 4 is 37.9 Å². The second kappa shape index (κ2) is 6.28. The highest BCUT2D eigenvalue weighted by molar-refractivity contribution is 7.91. The molecule has 4 nitrogen and oxygen atoms in total. The highest BCUT2D eigenvalue weighted by atomic mass is 35.5. The van der Waals surface area contributed by atoms with E-state index in [0.29, 0.717) is 35.1 Å². The highest BCUT2D eigenvalue weighted by Crippen LogP contribution is 2.41. The van der Waals surface area contributed by atoms with E-state index in [1.54, 1.807) is 12.1 Å². The van der Waals surface area contributed by atoms with Gasteiger partial charge in [0.1, 0.15) is 6.17 Å². The van der Waals surface area contributed by atoms with Crippen LogP contribution in [-0.2, 0) is 9.73 Å². The van der Waals surface area contributed by atoms with Crippen LogP contribution < -0.4 is 4.90 Å². The van der Waals surface area contributed by atoms with Crippen LogP contribution in [0.15, 0.2) is 47.4 Å². The quantitative estimate of drug-likeness (QED) is 0.654. The number of halogens is 2. The monoisotopic (exact) mass is 391 g/mol. The molecule has 4 rings (SSSR count). The number of hydrogen-bond acceptors (Lipinski definition) is 3. The summed E-state index contributed by atoms with van der Waals surface area (Å²) in [4.78, 5) is 5.74. The van der Waals surface area contributed by atoms with E-state index in [2.05, 4.69) is 4.98 Å². The fourth-order valence-electron chi connectivity index (χ4n) is 3.46. The minimum Gasteiger partial charge on any atom is -0.368 e. The molecule has 0 radical (unpaired) electrons. The summed E-state index contributed by atoms with van der Waals surface area (Å²) < 4.78 is 33.9. The Bertz CT molecular complexity index is 1090. The molecule has 0 spiro atoms. The molecule has 2 heterocycles. The zero-order chi connectivity index (χ0) is 18.5. The Hall–Kier alpha value is -2.05. The normalized spacial score (nSPS) is 19.8. The highest BCUT2D eigenvalue weighted by Gasteiger charge is 2.26. The summed E-state index contributed by atoms with van der Waals surface area (Å²) in [6, 6.07) is 13.0. The van der Waals surface area contributed by atoms with Crippen molar-refractivity contribution in [3.05, 3.63) is 47.5 Å². The number of hydrogen-bond donors (Lipinski definition) is 2. The minimum absolute atomic E-state index is 0.326. The minimum atomic E-state index is -2.88. The second-order valence-corrected chi connectivity index (χ2v) is 9.25. The van der Waals surface area contributed by atoms with Gasteiger partial charge in [-0.15, -0.1) is 0 Å². The fourth-order valence-corrected chi connectivity index (χ4v) is 4.45. The number of para-hydroxylation sites is 1. The molecule has 1 aromatic heterocycles. The molecule has 1 aliphatic heterocycles. The molecular weight excluding hydrogens is 373 g/mol. The third-order valence-electron chi connectivity index (χ3n) is 4.80. The molecule has 2 N–H and O–H groups in total. The van der Waals surface area contributed by atoms with Crippen molar-refractivity contribution in [1.29, 1.82) is 4.78 Å². The van der Waals surface area contributed by atoms with Crippen molar-refractivity contribution in [2.24, 2.45) is 0 Å². The molecule has 0 aliphatic carbocycles. The number of fused-ring (bicyclic) bond motifs is 1. The van der Waals surface area contributed by atoms with Gasteiger partial charge in [-0.3, -0.25) is 0 Å². The number of benzene rings is 2. The summed E-state index contributed by atoms with van der Waals surface area (Å²) in [6.07, 6.45) is 1.03. The first-order chi connectivity index (χ1) is 12.3. The molecule has 26 heavy (non-hydrogen) atoms. The average Bonchev–Trinajstić information content (AvgIpc) is 3.18. The zero-order valence-corrected chi connectivity index (χ0v) is 15.8. The van der Waals surface area contributed by atoms with E-state index in [4.69, 9.17) is 16.4 Å². The lowest BCUT2D eigenvalue weighted by Gasteiger charge is -2.22. The maximum atomic E-state index is 13.8. The fraction of sp³-hybridized carbons (Fsp3) is 0.263. The van der Waals surface area contributed by atoms with Gasteiger partial charge in [-0.25, -0.2) is 13.4 Å². The third-order valence-corrected chi connectivity index (χ3v) is 6.35.